The molecule has 2 aromatic carbocycles. The van der Waals surface area contributed by atoms with Crippen molar-refractivity contribution in [1.82, 2.24) is 4.57 Å². The van der Waals surface area contributed by atoms with Crippen molar-refractivity contribution in [1.29, 1.82) is 0 Å². The number of carbonyl (C=O) groups is 1. The van der Waals surface area contributed by atoms with E-state index in [1.54, 1.807) is 20.3 Å². The molecule has 8 heteroatoms. The van der Waals surface area contributed by atoms with Crippen LogP contribution >= 0.6 is 11.3 Å². The zero-order chi connectivity index (χ0) is 19.5. The third kappa shape index (κ3) is 3.61. The van der Waals surface area contributed by atoms with Gasteiger partial charge in [-0.3, -0.25) is 4.79 Å². The molecule has 0 N–H and O–H groups in total. The molecule has 0 radical (unpaired) electrons. The largest absolute Gasteiger partial charge is 0.497 e. The lowest BCUT2D eigenvalue weighted by atomic mass is 10.2. The predicted molar refractivity (Wildman–Crippen MR) is 105 cm³/mol. The molecule has 0 saturated carbocycles. The topological polar surface area (TPSA) is 71.3 Å². The summed E-state index contributed by atoms with van der Waals surface area (Å²) in [7, 11) is 3.27. The van der Waals surface area contributed by atoms with E-state index in [0.717, 1.165) is 16.0 Å². The highest BCUT2D eigenvalue weighted by Crippen LogP contribution is 2.31. The van der Waals surface area contributed by atoms with Crippen LogP contribution in [-0.4, -0.2) is 44.0 Å². The first kappa shape index (κ1) is 18.5. The lowest BCUT2D eigenvalue weighted by molar-refractivity contribution is -0.127. The quantitative estimate of drug-likeness (QED) is 0.658. The molecule has 1 aromatic heterocycles. The van der Waals surface area contributed by atoms with Crippen LogP contribution in [0.2, 0.25) is 0 Å². The summed E-state index contributed by atoms with van der Waals surface area (Å²) in [5, 5.41) is 0. The molecule has 0 saturated heterocycles. The number of hydrogen-bond donors (Lipinski definition) is 0. The molecular formula is C20H20N2O5S. The first-order chi connectivity index (χ1) is 13.7. The minimum Gasteiger partial charge on any atom is -0.497 e. The van der Waals surface area contributed by atoms with Crippen molar-refractivity contribution in [2.24, 2.45) is 4.99 Å². The van der Waals surface area contributed by atoms with Crippen LogP contribution in [0.3, 0.4) is 0 Å². The molecule has 1 aliphatic rings. The maximum Gasteiger partial charge on any atom is 0.292 e. The zero-order valence-corrected chi connectivity index (χ0v) is 16.4. The summed E-state index contributed by atoms with van der Waals surface area (Å²) in [4.78, 5) is 17.7. The van der Waals surface area contributed by atoms with E-state index in [1.165, 1.54) is 11.3 Å². The summed E-state index contributed by atoms with van der Waals surface area (Å²) in [6, 6.07) is 13.1. The van der Waals surface area contributed by atoms with Crippen molar-refractivity contribution in [2.75, 3.05) is 27.4 Å². The molecule has 4 rings (SSSR count). The Bertz CT molecular complexity index is 1070. The Morgan fingerprint density at radius 3 is 2.86 bits per heavy atom. The second-order valence-corrected chi connectivity index (χ2v) is 7.19. The van der Waals surface area contributed by atoms with Gasteiger partial charge in [0.05, 0.1) is 23.9 Å². The Morgan fingerprint density at radius 1 is 1.25 bits per heavy atom. The highest BCUT2D eigenvalue weighted by Gasteiger charge is 2.27. The van der Waals surface area contributed by atoms with E-state index >= 15 is 0 Å². The number of hydrogen-bond acceptors (Lipinski definition) is 6. The molecule has 7 nitrogen and oxygen atoms in total. The third-order valence-corrected chi connectivity index (χ3v) is 5.44. The summed E-state index contributed by atoms with van der Waals surface area (Å²) >= 11 is 1.43. The molecule has 28 heavy (non-hydrogen) atoms. The molecule has 0 bridgehead atoms. The monoisotopic (exact) mass is 400 g/mol. The number of amides is 1. The summed E-state index contributed by atoms with van der Waals surface area (Å²) in [6.07, 6.45) is -0.773. The lowest BCUT2D eigenvalue weighted by Gasteiger charge is -2.23. The highest BCUT2D eigenvalue weighted by atomic mass is 32.1. The molecule has 0 spiro atoms. The van der Waals surface area contributed by atoms with Gasteiger partial charge >= 0.3 is 0 Å². The fraction of sp³-hybridized carbons (Fsp3) is 0.300. The van der Waals surface area contributed by atoms with E-state index < -0.39 is 6.10 Å². The number of thiazole rings is 1. The first-order valence-corrected chi connectivity index (χ1v) is 9.64. The minimum absolute atomic E-state index is 0.135. The Labute approximate surface area is 165 Å². The molecule has 1 aliphatic heterocycles. The van der Waals surface area contributed by atoms with Gasteiger partial charge in [-0.15, -0.1) is 0 Å². The summed E-state index contributed by atoms with van der Waals surface area (Å²) in [5.74, 6) is 1.57. The van der Waals surface area contributed by atoms with E-state index in [0.29, 0.717) is 29.5 Å². The van der Waals surface area contributed by atoms with Crippen LogP contribution < -0.4 is 19.0 Å². The number of para-hydroxylation sites is 2. The van der Waals surface area contributed by atoms with Gasteiger partial charge in [-0.1, -0.05) is 23.5 Å². The molecule has 2 heterocycles. The van der Waals surface area contributed by atoms with Crippen LogP contribution in [0.15, 0.2) is 47.5 Å². The van der Waals surface area contributed by atoms with Crippen LogP contribution in [0.25, 0.3) is 10.2 Å². The SMILES string of the molecule is COCCn1c(=NC(=O)[C@@H]2COc3ccccc3O2)sc2cc(OC)ccc21. The maximum atomic E-state index is 12.8. The number of nitrogens with zero attached hydrogens (tertiary/aromatic N) is 2. The molecule has 0 unspecified atom stereocenters. The Hall–Kier alpha value is -2.84. The predicted octanol–water partition coefficient (Wildman–Crippen LogP) is 2.63. The van der Waals surface area contributed by atoms with Crippen LogP contribution in [0.4, 0.5) is 0 Å². The van der Waals surface area contributed by atoms with Gasteiger partial charge in [0.15, 0.2) is 16.3 Å². The van der Waals surface area contributed by atoms with E-state index in [4.69, 9.17) is 18.9 Å². The first-order valence-electron chi connectivity index (χ1n) is 8.83. The normalized spacial score (nSPS) is 16.4. The average molecular weight is 400 g/mol. The second-order valence-electron chi connectivity index (χ2n) is 6.18. The number of benzene rings is 2. The molecular weight excluding hydrogens is 380 g/mol. The van der Waals surface area contributed by atoms with Crippen molar-refractivity contribution < 1.29 is 23.7 Å². The van der Waals surface area contributed by atoms with Crippen LogP contribution in [0, 0.1) is 0 Å². The maximum absolute atomic E-state index is 12.8. The van der Waals surface area contributed by atoms with Crippen LogP contribution in [0.5, 0.6) is 17.2 Å². The minimum atomic E-state index is -0.773. The van der Waals surface area contributed by atoms with E-state index in [-0.39, 0.29) is 12.5 Å². The smallest absolute Gasteiger partial charge is 0.292 e. The molecule has 1 atom stereocenters. The van der Waals surface area contributed by atoms with Crippen molar-refractivity contribution in [3.05, 3.63) is 47.3 Å². The molecule has 0 aliphatic carbocycles. The summed E-state index contributed by atoms with van der Waals surface area (Å²) < 4.78 is 24.9. The highest BCUT2D eigenvalue weighted by molar-refractivity contribution is 7.16. The van der Waals surface area contributed by atoms with Crippen molar-refractivity contribution in [3.63, 3.8) is 0 Å². The van der Waals surface area contributed by atoms with E-state index in [9.17, 15) is 4.79 Å². The fourth-order valence-corrected chi connectivity index (χ4v) is 4.06. The number of rotatable bonds is 5. The molecule has 3 aromatic rings. The molecule has 1 amide bonds. The summed E-state index contributed by atoms with van der Waals surface area (Å²) in [6.45, 7) is 1.23. The van der Waals surface area contributed by atoms with Gasteiger partial charge in [-0.2, -0.15) is 4.99 Å². The number of aromatic nitrogens is 1. The number of ether oxygens (including phenoxy) is 4. The van der Waals surface area contributed by atoms with Gasteiger partial charge in [0.1, 0.15) is 12.4 Å². The van der Waals surface area contributed by atoms with Gasteiger partial charge in [-0.05, 0) is 30.3 Å². The van der Waals surface area contributed by atoms with Gasteiger partial charge in [0, 0.05) is 13.7 Å². The van der Waals surface area contributed by atoms with Gasteiger partial charge in [0.25, 0.3) is 5.91 Å². The standard InChI is InChI=1S/C20H20N2O5S/c1-24-10-9-22-14-8-7-13(25-2)11-18(14)28-20(22)21-19(23)17-12-26-15-5-3-4-6-16(15)27-17/h3-8,11,17H,9-10,12H2,1-2H3/t17-/m0/s1. The number of carbonyl (C=O) groups excluding carboxylic acids is 1. The Morgan fingerprint density at radius 2 is 2.07 bits per heavy atom. The Kier molecular flexibility index (Phi) is 5.31. The molecule has 146 valence electrons. The van der Waals surface area contributed by atoms with Crippen LogP contribution in [0.1, 0.15) is 0 Å². The van der Waals surface area contributed by atoms with Crippen molar-refractivity contribution in [3.8, 4) is 17.2 Å². The van der Waals surface area contributed by atoms with Gasteiger partial charge in [-0.25, -0.2) is 0 Å². The second kappa shape index (κ2) is 8.04. The third-order valence-electron chi connectivity index (χ3n) is 4.40. The van der Waals surface area contributed by atoms with Crippen LogP contribution in [-0.2, 0) is 16.1 Å². The van der Waals surface area contributed by atoms with E-state index in [1.807, 2.05) is 41.0 Å². The lowest BCUT2D eigenvalue weighted by Crippen LogP contribution is -2.37. The Balaban J connectivity index is 1.68. The zero-order valence-electron chi connectivity index (χ0n) is 15.6. The van der Waals surface area contributed by atoms with Crippen molar-refractivity contribution >= 4 is 27.5 Å². The fourth-order valence-electron chi connectivity index (χ4n) is 2.97. The average Bonchev–Trinajstić information content (AvgIpc) is 3.07. The van der Waals surface area contributed by atoms with Gasteiger partial charge < -0.3 is 23.5 Å². The number of fused-ring (bicyclic) bond motifs is 2. The van der Waals surface area contributed by atoms with Crippen molar-refractivity contribution in [2.45, 2.75) is 12.6 Å². The van der Waals surface area contributed by atoms with E-state index in [2.05, 4.69) is 4.99 Å². The van der Waals surface area contributed by atoms with Gasteiger partial charge in [0.2, 0.25) is 6.10 Å². The number of methoxy groups -OCH3 is 2. The summed E-state index contributed by atoms with van der Waals surface area (Å²) in [5.41, 5.74) is 0.973. The molecule has 0 fully saturated rings.